The Hall–Kier alpha value is -3.16. The van der Waals surface area contributed by atoms with Gasteiger partial charge in [-0.05, 0) is 43.1 Å². The van der Waals surface area contributed by atoms with Gasteiger partial charge in [-0.15, -0.1) is 0 Å². The van der Waals surface area contributed by atoms with E-state index < -0.39 is 0 Å². The molecule has 7 nitrogen and oxygen atoms in total. The fraction of sp³-hybridized carbons (Fsp3) is 0.333. The molecule has 0 aliphatic carbocycles. The van der Waals surface area contributed by atoms with Crippen molar-refractivity contribution in [1.29, 1.82) is 0 Å². The van der Waals surface area contributed by atoms with Crippen LogP contribution >= 0.6 is 0 Å². The van der Waals surface area contributed by atoms with Gasteiger partial charge in [0.1, 0.15) is 12.4 Å². The van der Waals surface area contributed by atoms with Crippen LogP contribution in [0, 0.1) is 0 Å². The summed E-state index contributed by atoms with van der Waals surface area (Å²) in [6.07, 6.45) is 1.68. The van der Waals surface area contributed by atoms with Crippen LogP contribution in [0.25, 0.3) is 5.70 Å². The molecule has 0 atom stereocenters. The number of nitrogens with zero attached hydrogens (tertiary/aromatic N) is 4. The molecule has 0 aromatic heterocycles. The van der Waals surface area contributed by atoms with Crippen LogP contribution in [-0.2, 0) is 4.74 Å². The summed E-state index contributed by atoms with van der Waals surface area (Å²) in [5, 5.41) is 0. The third kappa shape index (κ3) is 6.41. The Labute approximate surface area is 184 Å². The Morgan fingerprint density at radius 3 is 2.45 bits per heavy atom. The minimum Gasteiger partial charge on any atom is -0.492 e. The van der Waals surface area contributed by atoms with Crippen LogP contribution in [0.3, 0.4) is 0 Å². The number of hydrogen-bond acceptors (Lipinski definition) is 5. The molecule has 2 amide bonds. The quantitative estimate of drug-likeness (QED) is 0.610. The topological polar surface area (TPSA) is 57.6 Å². The summed E-state index contributed by atoms with van der Waals surface area (Å²) < 4.78 is 11.2. The van der Waals surface area contributed by atoms with Gasteiger partial charge in [0.15, 0.2) is 0 Å². The number of urea groups is 1. The largest absolute Gasteiger partial charge is 0.492 e. The zero-order valence-electron chi connectivity index (χ0n) is 18.2. The highest BCUT2D eigenvalue weighted by Crippen LogP contribution is 2.21. The lowest BCUT2D eigenvalue weighted by Crippen LogP contribution is -2.38. The number of hydrogen-bond donors (Lipinski definition) is 0. The van der Waals surface area contributed by atoms with E-state index in [4.69, 9.17) is 9.47 Å². The van der Waals surface area contributed by atoms with Crippen LogP contribution in [0.1, 0.15) is 5.56 Å². The zero-order chi connectivity index (χ0) is 22.1. The molecule has 1 aliphatic heterocycles. The Morgan fingerprint density at radius 1 is 1.13 bits per heavy atom. The SMILES string of the molecule is C=NC(=CN(C)C(=O)N(C)c1ccccc1)c1ccc(OCCN2CCOCC2)cc1. The van der Waals surface area contributed by atoms with Gasteiger partial charge in [-0.3, -0.25) is 14.8 Å². The molecular formula is C24H30N4O3. The number of anilines is 1. The second-order valence-electron chi connectivity index (χ2n) is 7.29. The lowest BCUT2D eigenvalue weighted by molar-refractivity contribution is 0.0322. The molecule has 164 valence electrons. The van der Waals surface area contributed by atoms with Gasteiger partial charge in [-0.25, -0.2) is 4.79 Å². The highest BCUT2D eigenvalue weighted by atomic mass is 16.5. The van der Waals surface area contributed by atoms with Gasteiger partial charge in [0, 0.05) is 51.2 Å². The zero-order valence-corrected chi connectivity index (χ0v) is 18.2. The summed E-state index contributed by atoms with van der Waals surface area (Å²) in [4.78, 5) is 22.3. The summed E-state index contributed by atoms with van der Waals surface area (Å²) in [5.74, 6) is 0.800. The average Bonchev–Trinajstić information content (AvgIpc) is 2.83. The number of rotatable bonds is 8. The fourth-order valence-electron chi connectivity index (χ4n) is 3.28. The molecule has 1 heterocycles. The maximum atomic E-state index is 12.7. The summed E-state index contributed by atoms with van der Waals surface area (Å²) in [5.41, 5.74) is 2.29. The molecule has 31 heavy (non-hydrogen) atoms. The Kier molecular flexibility index (Phi) is 8.20. The Morgan fingerprint density at radius 2 is 1.81 bits per heavy atom. The molecular weight excluding hydrogens is 392 g/mol. The van der Waals surface area contributed by atoms with E-state index in [9.17, 15) is 4.79 Å². The summed E-state index contributed by atoms with van der Waals surface area (Å²) in [6, 6.07) is 17.0. The van der Waals surface area contributed by atoms with Gasteiger partial charge in [0.25, 0.3) is 0 Å². The summed E-state index contributed by atoms with van der Waals surface area (Å²) >= 11 is 0. The molecule has 7 heteroatoms. The van der Waals surface area contributed by atoms with E-state index >= 15 is 0 Å². The summed E-state index contributed by atoms with van der Waals surface area (Å²) in [7, 11) is 3.45. The van der Waals surface area contributed by atoms with E-state index in [1.807, 2.05) is 54.6 Å². The molecule has 0 bridgehead atoms. The third-order valence-electron chi connectivity index (χ3n) is 5.15. The number of para-hydroxylation sites is 1. The first-order valence-electron chi connectivity index (χ1n) is 10.4. The highest BCUT2D eigenvalue weighted by Gasteiger charge is 2.15. The molecule has 0 saturated carbocycles. The number of carbonyl (C=O) groups excluding carboxylic acids is 1. The predicted molar refractivity (Wildman–Crippen MR) is 125 cm³/mol. The van der Waals surface area contributed by atoms with E-state index in [0.29, 0.717) is 12.3 Å². The molecule has 2 aromatic carbocycles. The van der Waals surface area contributed by atoms with Crippen molar-refractivity contribution in [3.8, 4) is 5.75 Å². The van der Waals surface area contributed by atoms with Crippen molar-refractivity contribution in [2.24, 2.45) is 4.99 Å². The van der Waals surface area contributed by atoms with Crippen molar-refractivity contribution >= 4 is 24.1 Å². The van der Waals surface area contributed by atoms with Crippen LogP contribution < -0.4 is 9.64 Å². The maximum absolute atomic E-state index is 12.7. The van der Waals surface area contributed by atoms with Crippen LogP contribution in [0.15, 0.2) is 65.8 Å². The Bertz CT molecular complexity index is 877. The molecule has 1 saturated heterocycles. The van der Waals surface area contributed by atoms with Crippen LogP contribution in [-0.4, -0.2) is 76.1 Å². The van der Waals surface area contributed by atoms with Crippen molar-refractivity contribution in [3.05, 3.63) is 66.4 Å². The second kappa shape index (κ2) is 11.3. The number of amides is 2. The lowest BCUT2D eigenvalue weighted by Gasteiger charge is -2.26. The van der Waals surface area contributed by atoms with E-state index in [1.54, 1.807) is 25.2 Å². The number of benzene rings is 2. The van der Waals surface area contributed by atoms with Gasteiger partial charge >= 0.3 is 6.03 Å². The van der Waals surface area contributed by atoms with E-state index in [-0.39, 0.29) is 6.03 Å². The second-order valence-corrected chi connectivity index (χ2v) is 7.29. The molecule has 2 aromatic rings. The first-order valence-corrected chi connectivity index (χ1v) is 10.4. The van der Waals surface area contributed by atoms with Crippen molar-refractivity contribution in [2.45, 2.75) is 0 Å². The number of aliphatic imine (C=N–C) groups is 1. The Balaban J connectivity index is 1.58. The number of morpholine rings is 1. The molecule has 1 aliphatic rings. The average molecular weight is 423 g/mol. The minimum atomic E-state index is -0.171. The normalized spacial score (nSPS) is 14.7. The molecule has 0 spiro atoms. The lowest BCUT2D eigenvalue weighted by atomic mass is 10.1. The highest BCUT2D eigenvalue weighted by molar-refractivity contribution is 5.92. The van der Waals surface area contributed by atoms with Crippen molar-refractivity contribution in [2.75, 3.05) is 58.5 Å². The van der Waals surface area contributed by atoms with Gasteiger partial charge in [0.05, 0.1) is 18.9 Å². The third-order valence-corrected chi connectivity index (χ3v) is 5.15. The first kappa shape index (κ1) is 22.5. The van der Waals surface area contributed by atoms with Crippen LogP contribution in [0.5, 0.6) is 5.75 Å². The van der Waals surface area contributed by atoms with E-state index in [2.05, 4.69) is 16.6 Å². The number of carbonyl (C=O) groups is 1. The minimum absolute atomic E-state index is 0.171. The van der Waals surface area contributed by atoms with Gasteiger partial charge in [-0.1, -0.05) is 18.2 Å². The monoisotopic (exact) mass is 422 g/mol. The summed E-state index contributed by atoms with van der Waals surface area (Å²) in [6.45, 7) is 8.65. The predicted octanol–water partition coefficient (Wildman–Crippen LogP) is 3.58. The molecule has 3 rings (SSSR count). The standard InChI is InChI=1S/C24H30N4O3/c1-25-23(19-26(2)24(29)27(3)21-7-5-4-6-8-21)20-9-11-22(12-10-20)31-18-15-28-13-16-30-17-14-28/h4-12,19H,1,13-18H2,2-3H3. The van der Waals surface area contributed by atoms with Gasteiger partial charge < -0.3 is 14.4 Å². The van der Waals surface area contributed by atoms with Crippen LogP contribution in [0.2, 0.25) is 0 Å². The van der Waals surface area contributed by atoms with Gasteiger partial charge in [-0.2, -0.15) is 0 Å². The van der Waals surface area contributed by atoms with Crippen molar-refractivity contribution in [1.82, 2.24) is 9.80 Å². The molecule has 0 N–H and O–H groups in total. The van der Waals surface area contributed by atoms with Gasteiger partial charge in [0.2, 0.25) is 0 Å². The number of ether oxygens (including phenoxy) is 2. The van der Waals surface area contributed by atoms with E-state index in [0.717, 1.165) is 49.8 Å². The van der Waals surface area contributed by atoms with Crippen molar-refractivity contribution in [3.63, 3.8) is 0 Å². The smallest absolute Gasteiger partial charge is 0.328 e. The van der Waals surface area contributed by atoms with E-state index in [1.165, 1.54) is 4.90 Å². The van der Waals surface area contributed by atoms with Crippen LogP contribution in [0.4, 0.5) is 10.5 Å². The molecule has 0 radical (unpaired) electrons. The molecule has 1 fully saturated rings. The fourth-order valence-corrected chi connectivity index (χ4v) is 3.28. The maximum Gasteiger partial charge on any atom is 0.328 e. The first-order chi connectivity index (χ1) is 15.1. The molecule has 0 unspecified atom stereocenters. The van der Waals surface area contributed by atoms with Crippen molar-refractivity contribution < 1.29 is 14.3 Å².